The van der Waals surface area contributed by atoms with E-state index in [1.54, 1.807) is 11.3 Å². The molecule has 0 aliphatic heterocycles. The molecule has 14 rings (SSSR count). The fraction of sp³-hybridized carbons (Fsp3) is 0.207. The number of carbonyl (C=O) groups excluding carboxylic acids is 4. The Labute approximate surface area is 377 Å². The molecule has 0 atom stereocenters. The van der Waals surface area contributed by atoms with Crippen molar-refractivity contribution in [1.29, 1.82) is 0 Å². The molecule has 0 amide bonds. The molecule has 6 heteroatoms. The van der Waals surface area contributed by atoms with E-state index in [-0.39, 0.29) is 39.5 Å². The summed E-state index contributed by atoms with van der Waals surface area (Å²) in [5.41, 5.74) is 7.57. The SMILES string of the molecule is O=C1C(=CC2=Cc3sc4c(c3C23CCCCC3)C2(CCCCC2)c2cc(C=C3C(=O)c5cc6cc7ccccc7cc6cc5C3=O)sc2-4)C(=O)c2cc3cc4ccccc4cc3cc21. The van der Waals surface area contributed by atoms with Crippen molar-refractivity contribution in [2.75, 3.05) is 0 Å². The van der Waals surface area contributed by atoms with Crippen LogP contribution in [0.15, 0.2) is 126 Å². The highest BCUT2D eigenvalue weighted by Gasteiger charge is 2.54. The lowest BCUT2D eigenvalue weighted by molar-refractivity contribution is 0.0974. The number of ketones is 4. The number of hydrogen-bond acceptors (Lipinski definition) is 6. The van der Waals surface area contributed by atoms with Crippen molar-refractivity contribution in [3.05, 3.63) is 175 Å². The van der Waals surface area contributed by atoms with E-state index in [4.69, 9.17) is 0 Å². The lowest BCUT2D eigenvalue weighted by Gasteiger charge is -2.42. The van der Waals surface area contributed by atoms with Crippen LogP contribution in [0.3, 0.4) is 0 Å². The molecule has 2 saturated carbocycles. The zero-order valence-electron chi connectivity index (χ0n) is 35.1. The highest BCUT2D eigenvalue weighted by Crippen LogP contribution is 2.67. The molecule has 4 nitrogen and oxygen atoms in total. The third-order valence-corrected chi connectivity index (χ3v) is 18.2. The van der Waals surface area contributed by atoms with Crippen molar-refractivity contribution < 1.29 is 19.2 Å². The predicted octanol–water partition coefficient (Wildman–Crippen LogP) is 14.7. The Balaban J connectivity index is 0.866. The van der Waals surface area contributed by atoms with Crippen LogP contribution < -0.4 is 0 Å². The largest absolute Gasteiger partial charge is 0.288 e. The maximum atomic E-state index is 14.3. The van der Waals surface area contributed by atoms with Gasteiger partial charge in [0.1, 0.15) is 0 Å². The first-order valence-electron chi connectivity index (χ1n) is 22.9. The van der Waals surface area contributed by atoms with Crippen molar-refractivity contribution in [3.63, 3.8) is 0 Å². The summed E-state index contributed by atoms with van der Waals surface area (Å²) < 4.78 is 0. The summed E-state index contributed by atoms with van der Waals surface area (Å²) >= 11 is 3.60. The first-order chi connectivity index (χ1) is 31.3. The summed E-state index contributed by atoms with van der Waals surface area (Å²) in [6, 6.07) is 34.8. The molecule has 0 radical (unpaired) electrons. The minimum Gasteiger partial charge on any atom is -0.288 e. The van der Waals surface area contributed by atoms with Crippen LogP contribution in [0.5, 0.6) is 0 Å². The first-order valence-corrected chi connectivity index (χ1v) is 24.5. The zero-order valence-corrected chi connectivity index (χ0v) is 36.7. The van der Waals surface area contributed by atoms with Crippen LogP contribution in [-0.2, 0) is 10.8 Å². The topological polar surface area (TPSA) is 68.3 Å². The van der Waals surface area contributed by atoms with Gasteiger partial charge in [-0.05, 0) is 164 Å². The van der Waals surface area contributed by atoms with Gasteiger partial charge < -0.3 is 0 Å². The minimum absolute atomic E-state index is 0.146. The highest BCUT2D eigenvalue weighted by atomic mass is 32.1. The number of fused-ring (bicyclic) bond motifs is 14. The fourth-order valence-electron chi connectivity index (χ4n) is 12.8. The molecule has 6 aliphatic rings. The Kier molecular flexibility index (Phi) is 7.60. The van der Waals surface area contributed by atoms with Crippen molar-refractivity contribution in [2.24, 2.45) is 0 Å². The van der Waals surface area contributed by atoms with Gasteiger partial charge in [0, 0.05) is 52.6 Å². The van der Waals surface area contributed by atoms with E-state index >= 15 is 0 Å². The van der Waals surface area contributed by atoms with Gasteiger partial charge in [0.25, 0.3) is 0 Å². The van der Waals surface area contributed by atoms with Crippen molar-refractivity contribution in [2.45, 2.75) is 75.0 Å². The molecule has 0 saturated heterocycles. The van der Waals surface area contributed by atoms with E-state index in [1.165, 1.54) is 44.2 Å². The Morgan fingerprint density at radius 1 is 0.422 bits per heavy atom. The summed E-state index contributed by atoms with van der Waals surface area (Å²) in [5.74, 6) is -0.720. The number of Topliss-reactive ketones (excluding diaryl/α,β-unsaturated/α-hetero) is 4. The average molecular weight is 865 g/mol. The van der Waals surface area contributed by atoms with Crippen LogP contribution in [0.1, 0.15) is 132 Å². The average Bonchev–Trinajstić information content (AvgIpc) is 4.12. The number of benzene rings is 6. The van der Waals surface area contributed by atoms with E-state index in [0.29, 0.717) is 27.8 Å². The molecule has 2 spiro atoms. The van der Waals surface area contributed by atoms with Crippen LogP contribution in [0.4, 0.5) is 0 Å². The van der Waals surface area contributed by atoms with Crippen LogP contribution in [-0.4, -0.2) is 23.1 Å². The van der Waals surface area contributed by atoms with Gasteiger partial charge in [-0.15, -0.1) is 22.7 Å². The number of carbonyl (C=O) groups is 4. The number of hydrogen-bond donors (Lipinski definition) is 0. The highest BCUT2D eigenvalue weighted by molar-refractivity contribution is 7.23. The van der Waals surface area contributed by atoms with Crippen LogP contribution in [0, 0.1) is 0 Å². The second kappa shape index (κ2) is 13.1. The Hall–Kier alpha value is -6.34. The van der Waals surface area contributed by atoms with Crippen molar-refractivity contribution >= 4 is 101 Å². The molecule has 2 aromatic heterocycles. The standard InChI is InChI=1S/C58H40O4S2/c59-51-41-23-35-19-31-11-3-4-12-32(31)20-36(35)24-42(41)52(60)45(51)27-39-28-48-49(57(39)15-7-1-8-16-57)50-56(64-48)55-47(58(50)17-9-2-10-18-58)30-40(63-55)29-46-53(61)43-25-37-21-33-13-5-6-14-34(33)22-38(37)26-44(43)54(46)62/h3-6,11-14,19-30H,1-2,7-10,15-18H2. The van der Waals surface area contributed by atoms with Crippen molar-refractivity contribution in [1.82, 2.24) is 0 Å². The molecule has 6 aromatic carbocycles. The summed E-state index contributed by atoms with van der Waals surface area (Å²) in [7, 11) is 0. The third kappa shape index (κ3) is 4.93. The maximum absolute atomic E-state index is 14.3. The molecule has 308 valence electrons. The van der Waals surface area contributed by atoms with Crippen LogP contribution >= 0.6 is 22.7 Å². The first kappa shape index (κ1) is 37.1. The van der Waals surface area contributed by atoms with Gasteiger partial charge in [0.15, 0.2) is 23.1 Å². The normalized spacial score (nSPS) is 19.0. The maximum Gasteiger partial charge on any atom is 0.197 e. The minimum atomic E-state index is -0.254. The van der Waals surface area contributed by atoms with E-state index in [0.717, 1.165) is 105 Å². The second-order valence-electron chi connectivity index (χ2n) is 19.1. The van der Waals surface area contributed by atoms with E-state index in [1.807, 2.05) is 72.0 Å². The summed E-state index contributed by atoms with van der Waals surface area (Å²) in [6.45, 7) is 0. The predicted molar refractivity (Wildman–Crippen MR) is 261 cm³/mol. The molecule has 0 N–H and O–H groups in total. The van der Waals surface area contributed by atoms with Gasteiger partial charge >= 0.3 is 0 Å². The number of thiophene rings is 2. The molecule has 2 heterocycles. The summed E-state index contributed by atoms with van der Waals surface area (Å²) in [5, 5.41) is 8.32. The van der Waals surface area contributed by atoms with Crippen LogP contribution in [0.25, 0.3) is 65.0 Å². The third-order valence-electron chi connectivity index (χ3n) is 15.8. The molecule has 6 aliphatic carbocycles. The lowest BCUT2D eigenvalue weighted by atomic mass is 9.61. The monoisotopic (exact) mass is 864 g/mol. The molecule has 0 bridgehead atoms. The van der Waals surface area contributed by atoms with Gasteiger partial charge in [-0.3, -0.25) is 19.2 Å². The van der Waals surface area contributed by atoms with Gasteiger partial charge in [0.05, 0.1) is 11.1 Å². The number of allylic oxidation sites excluding steroid dienone is 4. The Bertz CT molecular complexity index is 3490. The molecule has 64 heavy (non-hydrogen) atoms. The summed E-state index contributed by atoms with van der Waals surface area (Å²) in [6.07, 6.45) is 17.2. The molecular weight excluding hydrogens is 825 g/mol. The Morgan fingerprint density at radius 3 is 1.33 bits per heavy atom. The van der Waals surface area contributed by atoms with E-state index in [9.17, 15) is 19.2 Å². The molecule has 0 unspecified atom stereocenters. The fourth-order valence-corrected chi connectivity index (χ4v) is 15.6. The van der Waals surface area contributed by atoms with E-state index in [2.05, 4.69) is 60.7 Å². The molecular formula is C58H40O4S2. The molecule has 2 fully saturated rings. The van der Waals surface area contributed by atoms with Gasteiger partial charge in [-0.1, -0.05) is 87.1 Å². The van der Waals surface area contributed by atoms with Crippen LogP contribution in [0.2, 0.25) is 0 Å². The number of rotatable bonds is 2. The zero-order chi connectivity index (χ0) is 42.6. The lowest BCUT2D eigenvalue weighted by Crippen LogP contribution is -2.35. The van der Waals surface area contributed by atoms with E-state index < -0.39 is 0 Å². The quantitative estimate of drug-likeness (QED) is 0.0986. The van der Waals surface area contributed by atoms with Crippen molar-refractivity contribution in [3.8, 4) is 9.75 Å². The second-order valence-corrected chi connectivity index (χ2v) is 21.3. The smallest absolute Gasteiger partial charge is 0.197 e. The van der Waals surface area contributed by atoms with Gasteiger partial charge in [0.2, 0.25) is 0 Å². The van der Waals surface area contributed by atoms with Gasteiger partial charge in [-0.2, -0.15) is 0 Å². The Morgan fingerprint density at radius 2 is 0.859 bits per heavy atom. The van der Waals surface area contributed by atoms with Gasteiger partial charge in [-0.25, -0.2) is 0 Å². The molecule has 8 aromatic rings. The summed E-state index contributed by atoms with van der Waals surface area (Å²) in [4.78, 5) is 61.7.